The summed E-state index contributed by atoms with van der Waals surface area (Å²) in [5.74, 6) is 1.19. The summed E-state index contributed by atoms with van der Waals surface area (Å²) in [5.41, 5.74) is 3.64. The van der Waals surface area contributed by atoms with Gasteiger partial charge in [-0.2, -0.15) is 0 Å². The van der Waals surface area contributed by atoms with E-state index in [1.807, 2.05) is 36.4 Å². The molecule has 3 atom stereocenters. The summed E-state index contributed by atoms with van der Waals surface area (Å²) < 4.78 is 0. The Morgan fingerprint density at radius 2 is 1.45 bits per heavy atom. The second-order valence-corrected chi connectivity index (χ2v) is 9.53. The SMILES string of the molecule is CN1C[C@H](c2ccccc2)[C@H]2CN(CC(=O)NC(c3ccccc3)c3ccccc3)CC[C@H]21. The van der Waals surface area contributed by atoms with Crippen LogP contribution in [0, 0.1) is 5.92 Å². The molecule has 0 bridgehead atoms. The number of rotatable bonds is 6. The molecule has 1 N–H and O–H groups in total. The Hall–Kier alpha value is -2.95. The van der Waals surface area contributed by atoms with Crippen LogP contribution in [0.4, 0.5) is 0 Å². The number of carbonyl (C=O) groups is 1. The molecule has 170 valence electrons. The quantitative estimate of drug-likeness (QED) is 0.622. The average Bonchev–Trinajstić information content (AvgIpc) is 3.20. The Bertz CT molecular complexity index is 1000. The van der Waals surface area contributed by atoms with Crippen molar-refractivity contribution < 1.29 is 4.79 Å². The lowest BCUT2D eigenvalue weighted by atomic mass is 9.82. The summed E-state index contributed by atoms with van der Waals surface area (Å²) >= 11 is 0. The lowest BCUT2D eigenvalue weighted by Crippen LogP contribution is -2.49. The molecule has 4 nitrogen and oxygen atoms in total. The van der Waals surface area contributed by atoms with Crippen LogP contribution in [0.1, 0.15) is 35.1 Å². The molecule has 3 aromatic rings. The minimum Gasteiger partial charge on any atom is -0.344 e. The Labute approximate surface area is 197 Å². The smallest absolute Gasteiger partial charge is 0.234 e. The van der Waals surface area contributed by atoms with Gasteiger partial charge in [-0.3, -0.25) is 9.69 Å². The summed E-state index contributed by atoms with van der Waals surface area (Å²) in [6, 6.07) is 31.9. The third-order valence-electron chi connectivity index (χ3n) is 7.44. The number of fused-ring (bicyclic) bond motifs is 1. The predicted octanol–water partition coefficient (Wildman–Crippen LogP) is 4.31. The van der Waals surface area contributed by atoms with Crippen LogP contribution in [0.15, 0.2) is 91.0 Å². The number of nitrogens with zero attached hydrogens (tertiary/aromatic N) is 2. The zero-order valence-electron chi connectivity index (χ0n) is 19.3. The standard InChI is InChI=1S/C29H33N3O/c1-31-19-25(22-11-5-2-6-12-22)26-20-32(18-17-27(26)31)21-28(33)30-29(23-13-7-3-8-14-23)24-15-9-4-10-16-24/h2-16,25-27,29H,17-21H2,1H3,(H,30,33)/t25-,26-,27-/m1/s1. The first-order valence-electron chi connectivity index (χ1n) is 12.1. The van der Waals surface area contributed by atoms with Crippen molar-refractivity contribution in [2.45, 2.75) is 24.4 Å². The number of likely N-dealkylation sites (tertiary alicyclic amines) is 2. The molecule has 0 aliphatic carbocycles. The molecular weight excluding hydrogens is 406 g/mol. The fraction of sp³-hybridized carbons (Fsp3) is 0.345. The van der Waals surface area contributed by atoms with Gasteiger partial charge in [0, 0.05) is 31.6 Å². The number of benzene rings is 3. The molecule has 0 aromatic heterocycles. The van der Waals surface area contributed by atoms with Crippen LogP contribution in [0.25, 0.3) is 0 Å². The lowest BCUT2D eigenvalue weighted by Gasteiger charge is -2.38. The molecule has 2 saturated heterocycles. The molecule has 33 heavy (non-hydrogen) atoms. The summed E-state index contributed by atoms with van der Waals surface area (Å²) in [6.07, 6.45) is 1.12. The van der Waals surface area contributed by atoms with E-state index in [0.29, 0.717) is 24.4 Å². The van der Waals surface area contributed by atoms with Crippen LogP contribution >= 0.6 is 0 Å². The van der Waals surface area contributed by atoms with E-state index in [4.69, 9.17) is 0 Å². The first-order valence-corrected chi connectivity index (χ1v) is 12.1. The first-order chi connectivity index (χ1) is 16.2. The molecule has 2 heterocycles. The van der Waals surface area contributed by atoms with E-state index in [1.165, 1.54) is 5.56 Å². The van der Waals surface area contributed by atoms with Crippen molar-refractivity contribution in [3.05, 3.63) is 108 Å². The number of nitrogens with one attached hydrogen (secondary N) is 1. The van der Waals surface area contributed by atoms with Gasteiger partial charge in [-0.15, -0.1) is 0 Å². The molecule has 1 amide bonds. The van der Waals surface area contributed by atoms with Crippen molar-refractivity contribution in [3.63, 3.8) is 0 Å². The minimum absolute atomic E-state index is 0.0915. The van der Waals surface area contributed by atoms with Gasteiger partial charge >= 0.3 is 0 Å². The van der Waals surface area contributed by atoms with Crippen molar-refractivity contribution in [3.8, 4) is 0 Å². The highest BCUT2D eigenvalue weighted by Crippen LogP contribution is 2.40. The maximum atomic E-state index is 13.2. The summed E-state index contributed by atoms with van der Waals surface area (Å²) in [5, 5.41) is 3.32. The number of carbonyl (C=O) groups excluding carboxylic acids is 1. The second-order valence-electron chi connectivity index (χ2n) is 9.53. The number of amides is 1. The third kappa shape index (κ3) is 4.87. The van der Waals surface area contributed by atoms with Gasteiger partial charge in [0.15, 0.2) is 0 Å². The lowest BCUT2D eigenvalue weighted by molar-refractivity contribution is -0.123. The van der Waals surface area contributed by atoms with Gasteiger partial charge in [0.1, 0.15) is 0 Å². The fourth-order valence-electron chi connectivity index (χ4n) is 5.82. The Morgan fingerprint density at radius 3 is 2.06 bits per heavy atom. The van der Waals surface area contributed by atoms with Crippen molar-refractivity contribution >= 4 is 5.91 Å². The van der Waals surface area contributed by atoms with Gasteiger partial charge in [0.2, 0.25) is 5.91 Å². The van der Waals surface area contributed by atoms with Gasteiger partial charge < -0.3 is 10.2 Å². The van der Waals surface area contributed by atoms with E-state index < -0.39 is 0 Å². The van der Waals surface area contributed by atoms with E-state index in [9.17, 15) is 4.79 Å². The van der Waals surface area contributed by atoms with E-state index in [2.05, 4.69) is 76.8 Å². The van der Waals surface area contributed by atoms with Crippen LogP contribution in [0.5, 0.6) is 0 Å². The first kappa shape index (κ1) is 21.9. The van der Waals surface area contributed by atoms with Gasteiger partial charge in [0.25, 0.3) is 0 Å². The van der Waals surface area contributed by atoms with E-state index in [1.54, 1.807) is 0 Å². The molecule has 4 heteroatoms. The summed E-state index contributed by atoms with van der Waals surface area (Å²) in [4.78, 5) is 18.1. The van der Waals surface area contributed by atoms with Gasteiger partial charge in [-0.1, -0.05) is 91.0 Å². The van der Waals surface area contributed by atoms with Crippen molar-refractivity contribution in [2.75, 3.05) is 33.2 Å². The highest BCUT2D eigenvalue weighted by atomic mass is 16.2. The predicted molar refractivity (Wildman–Crippen MR) is 133 cm³/mol. The minimum atomic E-state index is -0.132. The number of piperidine rings is 1. The maximum Gasteiger partial charge on any atom is 0.234 e. The van der Waals surface area contributed by atoms with Gasteiger partial charge in [0.05, 0.1) is 12.6 Å². The Kier molecular flexibility index (Phi) is 6.56. The molecule has 3 aromatic carbocycles. The van der Waals surface area contributed by atoms with E-state index in [0.717, 1.165) is 37.2 Å². The second kappa shape index (κ2) is 9.90. The van der Waals surface area contributed by atoms with Gasteiger partial charge in [-0.25, -0.2) is 0 Å². The number of hydrogen-bond donors (Lipinski definition) is 1. The molecule has 2 aliphatic rings. The number of hydrogen-bond acceptors (Lipinski definition) is 3. The normalized spacial score (nSPS) is 23.4. The van der Waals surface area contributed by atoms with Crippen LogP contribution in [0.3, 0.4) is 0 Å². The molecule has 0 radical (unpaired) electrons. The molecule has 0 spiro atoms. The van der Waals surface area contributed by atoms with Crippen LogP contribution in [0.2, 0.25) is 0 Å². The Balaban J connectivity index is 1.27. The monoisotopic (exact) mass is 439 g/mol. The third-order valence-corrected chi connectivity index (χ3v) is 7.44. The molecule has 2 fully saturated rings. The van der Waals surface area contributed by atoms with E-state index in [-0.39, 0.29) is 11.9 Å². The van der Waals surface area contributed by atoms with Crippen molar-refractivity contribution in [2.24, 2.45) is 5.92 Å². The number of likely N-dealkylation sites (N-methyl/N-ethyl adjacent to an activating group) is 1. The molecule has 5 rings (SSSR count). The van der Waals surface area contributed by atoms with Crippen LogP contribution < -0.4 is 5.32 Å². The van der Waals surface area contributed by atoms with E-state index >= 15 is 0 Å². The maximum absolute atomic E-state index is 13.2. The zero-order valence-corrected chi connectivity index (χ0v) is 19.3. The Morgan fingerprint density at radius 1 is 0.879 bits per heavy atom. The molecule has 2 aliphatic heterocycles. The molecule has 0 saturated carbocycles. The highest BCUT2D eigenvalue weighted by molar-refractivity contribution is 5.79. The summed E-state index contributed by atoms with van der Waals surface area (Å²) in [7, 11) is 2.26. The van der Waals surface area contributed by atoms with Crippen LogP contribution in [-0.2, 0) is 4.79 Å². The fourth-order valence-corrected chi connectivity index (χ4v) is 5.82. The molecular formula is C29H33N3O. The topological polar surface area (TPSA) is 35.6 Å². The average molecular weight is 440 g/mol. The summed E-state index contributed by atoms with van der Waals surface area (Å²) in [6.45, 7) is 3.50. The van der Waals surface area contributed by atoms with Crippen molar-refractivity contribution in [1.82, 2.24) is 15.1 Å². The largest absolute Gasteiger partial charge is 0.344 e. The van der Waals surface area contributed by atoms with Crippen molar-refractivity contribution in [1.29, 1.82) is 0 Å². The van der Waals surface area contributed by atoms with Gasteiger partial charge in [-0.05, 0) is 36.1 Å². The molecule has 0 unspecified atom stereocenters. The van der Waals surface area contributed by atoms with Crippen LogP contribution in [-0.4, -0.2) is 55.0 Å². The zero-order chi connectivity index (χ0) is 22.6. The highest BCUT2D eigenvalue weighted by Gasteiger charge is 2.43.